The smallest absolute Gasteiger partial charge is 0.227 e. The molecule has 1 fully saturated rings. The van der Waals surface area contributed by atoms with Gasteiger partial charge in [-0.05, 0) is 19.8 Å². The third-order valence-corrected chi connectivity index (χ3v) is 3.77. The highest BCUT2D eigenvalue weighted by Gasteiger charge is 2.43. The van der Waals surface area contributed by atoms with Gasteiger partial charge in [-0.25, -0.2) is 0 Å². The molecule has 5 nitrogen and oxygen atoms in total. The summed E-state index contributed by atoms with van der Waals surface area (Å²) in [7, 11) is 2.03. The second-order valence-corrected chi connectivity index (χ2v) is 4.97. The quantitative estimate of drug-likeness (QED) is 0.735. The molecular formula is C12H22N4O. The van der Waals surface area contributed by atoms with Crippen molar-refractivity contribution in [3.8, 4) is 0 Å². The average molecular weight is 238 g/mol. The van der Waals surface area contributed by atoms with Crippen molar-refractivity contribution >= 4 is 11.9 Å². The third kappa shape index (κ3) is 2.37. The molecule has 1 amide bonds. The second-order valence-electron chi connectivity index (χ2n) is 4.97. The van der Waals surface area contributed by atoms with Crippen LogP contribution >= 0.6 is 0 Å². The lowest BCUT2D eigenvalue weighted by Gasteiger charge is -2.40. The number of nitrogens with one attached hydrogen (secondary N) is 2. The molecule has 1 aliphatic carbocycles. The molecule has 0 bridgehead atoms. The van der Waals surface area contributed by atoms with Crippen LogP contribution in [0.1, 0.15) is 26.2 Å². The predicted octanol–water partition coefficient (Wildman–Crippen LogP) is 0.184. The van der Waals surface area contributed by atoms with Crippen LogP contribution in [0.15, 0.2) is 4.99 Å². The van der Waals surface area contributed by atoms with E-state index in [0.717, 1.165) is 38.3 Å². The number of carbonyl (C=O) groups is 1. The molecule has 2 aliphatic rings. The van der Waals surface area contributed by atoms with E-state index in [1.54, 1.807) is 0 Å². The summed E-state index contributed by atoms with van der Waals surface area (Å²) in [6.07, 6.45) is 3.13. The van der Waals surface area contributed by atoms with Crippen LogP contribution in [0.5, 0.6) is 0 Å². The first-order valence-corrected chi connectivity index (χ1v) is 6.46. The zero-order valence-corrected chi connectivity index (χ0v) is 10.8. The van der Waals surface area contributed by atoms with E-state index in [-0.39, 0.29) is 11.3 Å². The van der Waals surface area contributed by atoms with Gasteiger partial charge in [0.2, 0.25) is 5.91 Å². The maximum Gasteiger partial charge on any atom is 0.227 e. The van der Waals surface area contributed by atoms with Crippen LogP contribution in [0.25, 0.3) is 0 Å². The molecule has 17 heavy (non-hydrogen) atoms. The number of amides is 1. The minimum atomic E-state index is -0.192. The average Bonchev–Trinajstić information content (AvgIpc) is 2.63. The summed E-state index contributed by atoms with van der Waals surface area (Å²) >= 11 is 0. The normalized spacial score (nSPS) is 21.8. The topological polar surface area (TPSA) is 56.7 Å². The summed E-state index contributed by atoms with van der Waals surface area (Å²) in [5.41, 5.74) is -0.192. The van der Waals surface area contributed by atoms with Gasteiger partial charge in [0.05, 0.1) is 12.0 Å². The Kier molecular flexibility index (Phi) is 3.54. The SMILES string of the molecule is CCNC(=O)C1(CNC2=NCCN2C)CCC1. The van der Waals surface area contributed by atoms with Crippen LogP contribution in [0.4, 0.5) is 0 Å². The van der Waals surface area contributed by atoms with Crippen LogP contribution in [0, 0.1) is 5.41 Å². The Morgan fingerprint density at radius 2 is 2.29 bits per heavy atom. The first-order chi connectivity index (χ1) is 8.18. The monoisotopic (exact) mass is 238 g/mol. The van der Waals surface area contributed by atoms with E-state index < -0.39 is 0 Å². The Morgan fingerprint density at radius 1 is 1.53 bits per heavy atom. The molecule has 0 aromatic rings. The van der Waals surface area contributed by atoms with Crippen LogP contribution in [0.2, 0.25) is 0 Å². The van der Waals surface area contributed by atoms with Gasteiger partial charge in [0, 0.05) is 26.7 Å². The zero-order valence-electron chi connectivity index (χ0n) is 10.8. The minimum absolute atomic E-state index is 0.192. The van der Waals surface area contributed by atoms with Crippen LogP contribution < -0.4 is 10.6 Å². The Morgan fingerprint density at radius 3 is 2.76 bits per heavy atom. The van der Waals surface area contributed by atoms with Crippen molar-refractivity contribution < 1.29 is 4.79 Å². The highest BCUT2D eigenvalue weighted by Crippen LogP contribution is 2.40. The minimum Gasteiger partial charge on any atom is -0.356 e. The molecule has 0 spiro atoms. The lowest BCUT2D eigenvalue weighted by atomic mass is 9.68. The summed E-state index contributed by atoms with van der Waals surface area (Å²) in [4.78, 5) is 18.5. The number of guanidine groups is 1. The molecule has 2 N–H and O–H groups in total. The van der Waals surface area contributed by atoms with Gasteiger partial charge in [-0.15, -0.1) is 0 Å². The summed E-state index contributed by atoms with van der Waals surface area (Å²) in [5.74, 6) is 1.13. The Labute approximate surface area is 103 Å². The largest absolute Gasteiger partial charge is 0.356 e. The molecule has 1 aliphatic heterocycles. The van der Waals surface area contributed by atoms with Crippen molar-refractivity contribution in [3.63, 3.8) is 0 Å². The molecule has 0 radical (unpaired) electrons. The van der Waals surface area contributed by atoms with Crippen molar-refractivity contribution in [2.45, 2.75) is 26.2 Å². The lowest BCUT2D eigenvalue weighted by Crippen LogP contribution is -2.53. The van der Waals surface area contributed by atoms with Crippen molar-refractivity contribution in [2.75, 3.05) is 33.2 Å². The first kappa shape index (κ1) is 12.2. The molecule has 96 valence electrons. The molecule has 5 heteroatoms. The summed E-state index contributed by atoms with van der Waals surface area (Å²) in [5, 5.41) is 6.27. The standard InChI is InChI=1S/C12H22N4O/c1-3-13-10(17)12(5-4-6-12)9-15-11-14-7-8-16(11)2/h3-9H2,1-2H3,(H,13,17)(H,14,15). The molecule has 0 aromatic carbocycles. The van der Waals surface area contributed by atoms with Crippen LogP contribution in [0.3, 0.4) is 0 Å². The molecular weight excluding hydrogens is 216 g/mol. The zero-order chi connectivity index (χ0) is 12.3. The van der Waals surface area contributed by atoms with E-state index in [1.165, 1.54) is 0 Å². The molecule has 1 heterocycles. The molecule has 0 aromatic heterocycles. The fourth-order valence-corrected chi connectivity index (χ4v) is 2.41. The molecule has 0 saturated heterocycles. The van der Waals surface area contributed by atoms with Gasteiger partial charge in [-0.3, -0.25) is 9.79 Å². The highest BCUT2D eigenvalue weighted by atomic mass is 16.2. The Bertz CT molecular complexity index is 322. The van der Waals surface area contributed by atoms with E-state index in [2.05, 4.69) is 20.5 Å². The maximum absolute atomic E-state index is 12.0. The van der Waals surface area contributed by atoms with Crippen molar-refractivity contribution in [1.82, 2.24) is 15.5 Å². The molecule has 0 atom stereocenters. The van der Waals surface area contributed by atoms with Crippen LogP contribution in [-0.4, -0.2) is 50.0 Å². The molecule has 1 saturated carbocycles. The van der Waals surface area contributed by atoms with Gasteiger partial charge < -0.3 is 15.5 Å². The highest BCUT2D eigenvalue weighted by molar-refractivity contribution is 5.86. The number of likely N-dealkylation sites (N-methyl/N-ethyl adjacent to an activating group) is 1. The number of rotatable bonds is 4. The van der Waals surface area contributed by atoms with E-state index >= 15 is 0 Å². The third-order valence-electron chi connectivity index (χ3n) is 3.77. The maximum atomic E-state index is 12.0. The summed E-state index contributed by atoms with van der Waals surface area (Å²) in [6, 6.07) is 0. The van der Waals surface area contributed by atoms with Crippen molar-refractivity contribution in [2.24, 2.45) is 10.4 Å². The van der Waals surface area contributed by atoms with Gasteiger partial charge in [0.1, 0.15) is 0 Å². The number of hydrogen-bond acceptors (Lipinski definition) is 4. The first-order valence-electron chi connectivity index (χ1n) is 6.46. The van der Waals surface area contributed by atoms with E-state index in [9.17, 15) is 4.79 Å². The lowest BCUT2D eigenvalue weighted by molar-refractivity contribution is -0.135. The number of hydrogen-bond donors (Lipinski definition) is 2. The predicted molar refractivity (Wildman–Crippen MR) is 67.9 cm³/mol. The van der Waals surface area contributed by atoms with Crippen LogP contribution in [-0.2, 0) is 4.79 Å². The van der Waals surface area contributed by atoms with Gasteiger partial charge in [-0.2, -0.15) is 0 Å². The summed E-state index contributed by atoms with van der Waals surface area (Å²) in [6.45, 7) is 5.21. The Balaban J connectivity index is 1.89. The second kappa shape index (κ2) is 4.94. The number of carbonyl (C=O) groups excluding carboxylic acids is 1. The summed E-state index contributed by atoms with van der Waals surface area (Å²) < 4.78 is 0. The van der Waals surface area contributed by atoms with E-state index in [1.807, 2.05) is 14.0 Å². The number of aliphatic imine (C=N–C) groups is 1. The van der Waals surface area contributed by atoms with Gasteiger partial charge in [-0.1, -0.05) is 6.42 Å². The van der Waals surface area contributed by atoms with E-state index in [4.69, 9.17) is 0 Å². The van der Waals surface area contributed by atoms with Gasteiger partial charge in [0.15, 0.2) is 5.96 Å². The van der Waals surface area contributed by atoms with E-state index in [0.29, 0.717) is 13.1 Å². The molecule has 0 unspecified atom stereocenters. The van der Waals surface area contributed by atoms with Gasteiger partial charge >= 0.3 is 0 Å². The van der Waals surface area contributed by atoms with Crippen molar-refractivity contribution in [1.29, 1.82) is 0 Å². The molecule has 2 rings (SSSR count). The van der Waals surface area contributed by atoms with Crippen molar-refractivity contribution in [3.05, 3.63) is 0 Å². The Hall–Kier alpha value is -1.26. The fourth-order valence-electron chi connectivity index (χ4n) is 2.41. The fraction of sp³-hybridized carbons (Fsp3) is 0.833. The van der Waals surface area contributed by atoms with Gasteiger partial charge in [0.25, 0.3) is 0 Å². The number of nitrogens with zero attached hydrogens (tertiary/aromatic N) is 2.